The number of carbonyl (C=O) groups is 2. The summed E-state index contributed by atoms with van der Waals surface area (Å²) < 4.78 is 8.03. The van der Waals surface area contributed by atoms with E-state index in [1.165, 1.54) is 0 Å². The van der Waals surface area contributed by atoms with Gasteiger partial charge in [0.1, 0.15) is 18.4 Å². The van der Waals surface area contributed by atoms with Crippen LogP contribution in [0, 0.1) is 7.14 Å². The molecule has 0 fully saturated rings. The van der Waals surface area contributed by atoms with Crippen molar-refractivity contribution in [2.24, 2.45) is 5.84 Å². The zero-order valence-corrected chi connectivity index (χ0v) is 25.1. The predicted octanol–water partition coefficient (Wildman–Crippen LogP) is 3.25. The third-order valence-corrected chi connectivity index (χ3v) is 6.96. The summed E-state index contributed by atoms with van der Waals surface area (Å²) in [4.78, 5) is 25.3. The van der Waals surface area contributed by atoms with E-state index in [0.29, 0.717) is 26.0 Å². The fourth-order valence-corrected chi connectivity index (χ4v) is 5.73. The van der Waals surface area contributed by atoms with E-state index >= 15 is 0 Å². The normalized spacial score (nSPS) is 11.7. The molecule has 0 aliphatic carbocycles. The lowest BCUT2D eigenvalue weighted by atomic mass is 10.0. The number of benzene rings is 2. The molecule has 0 spiro atoms. The van der Waals surface area contributed by atoms with E-state index in [9.17, 15) is 9.59 Å². The summed E-state index contributed by atoms with van der Waals surface area (Å²) in [5.74, 6) is 5.81. The van der Waals surface area contributed by atoms with Gasteiger partial charge in [-0.25, -0.2) is 0 Å². The maximum Gasteiger partial charge on any atom is 0.242 e. The van der Waals surface area contributed by atoms with E-state index in [-0.39, 0.29) is 11.8 Å². The molecule has 8 nitrogen and oxygen atoms in total. The van der Waals surface area contributed by atoms with Gasteiger partial charge in [-0.15, -0.1) is 0 Å². The van der Waals surface area contributed by atoms with Crippen LogP contribution in [-0.4, -0.2) is 44.0 Å². The van der Waals surface area contributed by atoms with Gasteiger partial charge < -0.3 is 20.7 Å². The molecule has 0 aliphatic heterocycles. The zero-order chi connectivity index (χ0) is 26.2. The van der Waals surface area contributed by atoms with Gasteiger partial charge in [-0.2, -0.15) is 0 Å². The first-order valence-electron chi connectivity index (χ1n) is 12.3. The van der Waals surface area contributed by atoms with Crippen LogP contribution in [-0.2, 0) is 22.6 Å². The van der Waals surface area contributed by atoms with Crippen LogP contribution in [0.25, 0.3) is 0 Å². The molecule has 0 saturated carbocycles. The first kappa shape index (κ1) is 30.7. The molecule has 0 radical (unpaired) electrons. The lowest BCUT2D eigenvalue weighted by Crippen LogP contribution is -2.48. The van der Waals surface area contributed by atoms with E-state index in [4.69, 9.17) is 10.6 Å². The van der Waals surface area contributed by atoms with Gasteiger partial charge in [0.2, 0.25) is 11.8 Å². The molecule has 0 saturated heterocycles. The minimum Gasteiger partial charge on any atom is -0.487 e. The molecule has 2 aromatic rings. The third-order valence-electron chi connectivity index (χ3n) is 5.36. The van der Waals surface area contributed by atoms with Crippen LogP contribution in [0.15, 0.2) is 42.5 Å². The molecule has 0 bridgehead atoms. The van der Waals surface area contributed by atoms with Gasteiger partial charge >= 0.3 is 0 Å². The Hall–Kier alpha value is -1.48. The second kappa shape index (κ2) is 17.9. The fraction of sp³-hybridized carbons (Fsp3) is 0.462. The maximum absolute atomic E-state index is 13.0. The van der Waals surface area contributed by atoms with Crippen molar-refractivity contribution in [3.63, 3.8) is 0 Å². The number of nitrogens with one attached hydrogen (secondary N) is 4. The number of hydrazine groups is 1. The molecule has 0 aliphatic rings. The van der Waals surface area contributed by atoms with Crippen LogP contribution in [0.5, 0.6) is 5.75 Å². The fourth-order valence-electron chi connectivity index (χ4n) is 3.53. The van der Waals surface area contributed by atoms with Gasteiger partial charge in [0.15, 0.2) is 0 Å². The van der Waals surface area contributed by atoms with Crippen LogP contribution < -0.4 is 32.0 Å². The molecule has 6 N–H and O–H groups in total. The topological polar surface area (TPSA) is 118 Å². The molecule has 0 aromatic heterocycles. The summed E-state index contributed by atoms with van der Waals surface area (Å²) in [6, 6.07) is 13.5. The minimum absolute atomic E-state index is 0.111. The molecular formula is C26H37I2N5O3. The second-order valence-electron chi connectivity index (χ2n) is 8.44. The third kappa shape index (κ3) is 11.7. The Bertz CT molecular complexity index is 923. The second-order valence-corrected chi connectivity index (χ2v) is 10.8. The first-order valence-corrected chi connectivity index (χ1v) is 14.5. The highest BCUT2D eigenvalue weighted by atomic mass is 127. The van der Waals surface area contributed by atoms with Crippen molar-refractivity contribution < 1.29 is 14.3 Å². The van der Waals surface area contributed by atoms with Crippen LogP contribution in [0.3, 0.4) is 0 Å². The van der Waals surface area contributed by atoms with Crippen molar-refractivity contribution in [3.05, 3.63) is 60.7 Å². The Kier molecular flexibility index (Phi) is 15.3. The highest BCUT2D eigenvalue weighted by molar-refractivity contribution is 14.1. The van der Waals surface area contributed by atoms with Crippen molar-refractivity contribution in [1.29, 1.82) is 0 Å². The number of hydrogen-bond acceptors (Lipinski definition) is 6. The Morgan fingerprint density at radius 2 is 1.64 bits per heavy atom. The van der Waals surface area contributed by atoms with Gasteiger partial charge in [0.25, 0.3) is 0 Å². The summed E-state index contributed by atoms with van der Waals surface area (Å²) in [7, 11) is 0. The number of halogens is 2. The highest BCUT2D eigenvalue weighted by Crippen LogP contribution is 2.30. The standard InChI is InChI=1S/C26H37I2N5O3/c1-2-8-24(34)33-23(26(35)31-13-6-11-30-12-7-14-32-29)17-20-15-21(27)25(22(28)16-20)36-18-19-9-4-3-5-10-19/h3-5,9-10,15-16,23,30,32H,2,6-8,11-14,17-18,29H2,1H3,(H,31,35)(H,33,34)/t23-/m0/s1. The quantitative estimate of drug-likeness (QED) is 0.0742. The number of hydrogen-bond donors (Lipinski definition) is 5. The molecule has 0 unspecified atom stereocenters. The smallest absolute Gasteiger partial charge is 0.242 e. The Balaban J connectivity index is 1.97. The van der Waals surface area contributed by atoms with Gasteiger partial charge in [-0.3, -0.25) is 20.9 Å². The molecule has 10 heteroatoms. The minimum atomic E-state index is -0.629. The highest BCUT2D eigenvalue weighted by Gasteiger charge is 2.22. The number of ether oxygens (including phenoxy) is 1. The van der Waals surface area contributed by atoms with Crippen LogP contribution in [0.4, 0.5) is 0 Å². The van der Waals surface area contributed by atoms with Crippen LogP contribution >= 0.6 is 45.2 Å². The van der Waals surface area contributed by atoms with E-state index in [1.807, 2.05) is 49.4 Å². The molecule has 0 heterocycles. The number of rotatable bonds is 17. The summed E-state index contributed by atoms with van der Waals surface area (Å²) in [6.45, 7) is 5.42. The molecule has 2 rings (SSSR count). The number of amides is 2. The van der Waals surface area contributed by atoms with E-state index in [0.717, 1.165) is 62.9 Å². The molecule has 2 aromatic carbocycles. The Labute approximate surface area is 241 Å². The van der Waals surface area contributed by atoms with Crippen molar-refractivity contribution in [2.75, 3.05) is 26.2 Å². The van der Waals surface area contributed by atoms with Gasteiger partial charge in [0.05, 0.1) is 7.14 Å². The van der Waals surface area contributed by atoms with Crippen LogP contribution in [0.2, 0.25) is 0 Å². The summed E-state index contributed by atoms with van der Waals surface area (Å²) in [6.07, 6.45) is 3.29. The Morgan fingerprint density at radius 1 is 0.972 bits per heavy atom. The Morgan fingerprint density at radius 3 is 2.28 bits per heavy atom. The van der Waals surface area contributed by atoms with Crippen molar-refractivity contribution in [2.45, 2.75) is 51.7 Å². The lowest BCUT2D eigenvalue weighted by molar-refractivity contribution is -0.129. The largest absolute Gasteiger partial charge is 0.487 e. The average Bonchev–Trinajstić information content (AvgIpc) is 2.85. The summed E-state index contributed by atoms with van der Waals surface area (Å²) in [5.41, 5.74) is 4.70. The lowest BCUT2D eigenvalue weighted by Gasteiger charge is -2.20. The maximum atomic E-state index is 13.0. The number of carbonyl (C=O) groups excluding carboxylic acids is 2. The molecule has 1 atom stereocenters. The number of nitrogens with two attached hydrogens (primary N) is 1. The summed E-state index contributed by atoms with van der Waals surface area (Å²) >= 11 is 4.53. The summed E-state index contributed by atoms with van der Waals surface area (Å²) in [5, 5.41) is 9.22. The van der Waals surface area contributed by atoms with E-state index < -0.39 is 6.04 Å². The zero-order valence-electron chi connectivity index (χ0n) is 20.7. The van der Waals surface area contributed by atoms with E-state index in [2.05, 4.69) is 66.6 Å². The van der Waals surface area contributed by atoms with Gasteiger partial charge in [-0.1, -0.05) is 37.3 Å². The van der Waals surface area contributed by atoms with Crippen molar-refractivity contribution in [3.8, 4) is 5.75 Å². The molecular weight excluding hydrogens is 684 g/mol. The molecule has 198 valence electrons. The first-order chi connectivity index (χ1) is 17.4. The van der Waals surface area contributed by atoms with Crippen molar-refractivity contribution in [1.82, 2.24) is 21.4 Å². The predicted molar refractivity (Wildman–Crippen MR) is 160 cm³/mol. The van der Waals surface area contributed by atoms with Crippen molar-refractivity contribution >= 4 is 57.0 Å². The van der Waals surface area contributed by atoms with Crippen LogP contribution in [0.1, 0.15) is 43.7 Å². The average molecular weight is 721 g/mol. The molecule has 36 heavy (non-hydrogen) atoms. The van der Waals surface area contributed by atoms with Gasteiger partial charge in [0, 0.05) is 25.9 Å². The van der Waals surface area contributed by atoms with Gasteiger partial charge in [-0.05, 0) is 101 Å². The SMILES string of the molecule is CCCC(=O)N[C@@H](Cc1cc(I)c(OCc2ccccc2)c(I)c1)C(=O)NCCCNCCCNN. The molecule has 2 amide bonds. The monoisotopic (exact) mass is 721 g/mol. The van der Waals surface area contributed by atoms with E-state index in [1.54, 1.807) is 0 Å².